The van der Waals surface area contributed by atoms with Gasteiger partial charge in [-0.15, -0.1) is 5.10 Å². The summed E-state index contributed by atoms with van der Waals surface area (Å²) in [6, 6.07) is 13.5. The summed E-state index contributed by atoms with van der Waals surface area (Å²) in [5, 5.41) is 6.76. The fourth-order valence-electron chi connectivity index (χ4n) is 2.19. The van der Waals surface area contributed by atoms with Crippen LogP contribution in [0.3, 0.4) is 0 Å². The van der Waals surface area contributed by atoms with Gasteiger partial charge in [0.1, 0.15) is 0 Å². The third-order valence-electron chi connectivity index (χ3n) is 3.43. The normalized spacial score (nSPS) is 10.5. The smallest absolute Gasteiger partial charge is 0.255 e. The number of aromatic nitrogens is 2. The molecule has 1 aromatic heterocycles. The minimum absolute atomic E-state index is 0.0894. The van der Waals surface area contributed by atoms with Crippen LogP contribution < -0.4 is 5.32 Å². The summed E-state index contributed by atoms with van der Waals surface area (Å²) in [7, 11) is 0. The van der Waals surface area contributed by atoms with Gasteiger partial charge in [-0.3, -0.25) is 4.79 Å². The number of aryl methyl sites for hydroxylation is 2. The van der Waals surface area contributed by atoms with E-state index >= 15 is 0 Å². The molecule has 2 aromatic carbocycles. The first-order valence-corrected chi connectivity index (χ1v) is 7.67. The molecule has 1 heterocycles. The average Bonchev–Trinajstić information content (AvgIpc) is 3.05. The summed E-state index contributed by atoms with van der Waals surface area (Å²) in [6.07, 6.45) is 1.73. The molecule has 4 nitrogen and oxygen atoms in total. The van der Waals surface area contributed by atoms with Gasteiger partial charge in [0, 0.05) is 11.3 Å². The first kappa shape index (κ1) is 14.4. The van der Waals surface area contributed by atoms with Crippen molar-refractivity contribution in [3.05, 3.63) is 65.4 Å². The van der Waals surface area contributed by atoms with Crippen molar-refractivity contribution in [2.24, 2.45) is 0 Å². The van der Waals surface area contributed by atoms with E-state index in [4.69, 9.17) is 0 Å². The highest BCUT2D eigenvalue weighted by molar-refractivity contribution is 7.09. The van der Waals surface area contributed by atoms with E-state index in [0.29, 0.717) is 5.56 Å². The number of hydrogen-bond donors (Lipinski definition) is 1. The topological polar surface area (TPSA) is 54.9 Å². The lowest BCUT2D eigenvalue weighted by Gasteiger charge is -2.09. The van der Waals surface area contributed by atoms with Crippen LogP contribution in [0.5, 0.6) is 0 Å². The van der Waals surface area contributed by atoms with Crippen LogP contribution in [-0.2, 0) is 0 Å². The van der Waals surface area contributed by atoms with E-state index in [0.717, 1.165) is 27.3 Å². The lowest BCUT2D eigenvalue weighted by Crippen LogP contribution is -2.13. The van der Waals surface area contributed by atoms with Crippen molar-refractivity contribution in [3.8, 4) is 10.4 Å². The maximum absolute atomic E-state index is 12.4. The molecule has 0 aliphatic rings. The third kappa shape index (κ3) is 3.04. The standard InChI is InChI=1S/C17H15N3OS/c1-11-3-4-12(2)15(9-11)17(21)19-14-7-5-13(6-8-14)16-10-18-20-22-16/h3-10H,1-2H3,(H,19,21). The summed E-state index contributed by atoms with van der Waals surface area (Å²) in [6.45, 7) is 3.92. The van der Waals surface area contributed by atoms with Gasteiger partial charge in [0.15, 0.2) is 0 Å². The molecule has 0 atom stereocenters. The van der Waals surface area contributed by atoms with E-state index in [-0.39, 0.29) is 5.91 Å². The lowest BCUT2D eigenvalue weighted by atomic mass is 10.0. The van der Waals surface area contributed by atoms with Crippen LogP contribution in [0, 0.1) is 13.8 Å². The maximum Gasteiger partial charge on any atom is 0.255 e. The van der Waals surface area contributed by atoms with E-state index in [1.54, 1.807) is 6.20 Å². The highest BCUT2D eigenvalue weighted by atomic mass is 32.1. The summed E-state index contributed by atoms with van der Waals surface area (Å²) in [5.41, 5.74) is 4.56. The van der Waals surface area contributed by atoms with E-state index in [1.165, 1.54) is 11.5 Å². The molecule has 0 fully saturated rings. The van der Waals surface area contributed by atoms with Gasteiger partial charge in [-0.1, -0.05) is 34.3 Å². The predicted molar refractivity (Wildman–Crippen MR) is 89.2 cm³/mol. The van der Waals surface area contributed by atoms with Crippen molar-refractivity contribution in [2.75, 3.05) is 5.32 Å². The predicted octanol–water partition coefficient (Wildman–Crippen LogP) is 4.07. The zero-order valence-electron chi connectivity index (χ0n) is 12.3. The zero-order chi connectivity index (χ0) is 15.5. The van der Waals surface area contributed by atoms with E-state index < -0.39 is 0 Å². The molecule has 0 aliphatic heterocycles. The first-order valence-electron chi connectivity index (χ1n) is 6.90. The summed E-state index contributed by atoms with van der Waals surface area (Å²) >= 11 is 1.35. The second-order valence-electron chi connectivity index (χ2n) is 5.13. The largest absolute Gasteiger partial charge is 0.322 e. The Bertz CT molecular complexity index is 795. The summed E-state index contributed by atoms with van der Waals surface area (Å²) in [5.74, 6) is -0.0894. The van der Waals surface area contributed by atoms with Crippen LogP contribution in [0.15, 0.2) is 48.7 Å². The van der Waals surface area contributed by atoms with Crippen LogP contribution in [0.2, 0.25) is 0 Å². The van der Waals surface area contributed by atoms with Gasteiger partial charge in [0.25, 0.3) is 5.91 Å². The molecule has 5 heteroatoms. The molecule has 1 amide bonds. The molecule has 3 aromatic rings. The molecule has 0 aliphatic carbocycles. The lowest BCUT2D eigenvalue weighted by molar-refractivity contribution is 0.102. The minimum Gasteiger partial charge on any atom is -0.322 e. The SMILES string of the molecule is Cc1ccc(C)c(C(=O)Nc2ccc(-c3cnns3)cc2)c1. The Morgan fingerprint density at radius 2 is 1.86 bits per heavy atom. The molecule has 0 radical (unpaired) electrons. The van der Waals surface area contributed by atoms with Gasteiger partial charge in [0.2, 0.25) is 0 Å². The Hall–Kier alpha value is -2.53. The van der Waals surface area contributed by atoms with Gasteiger partial charge < -0.3 is 5.32 Å². The Balaban J connectivity index is 1.78. The molecule has 110 valence electrons. The molecule has 0 saturated heterocycles. The van der Waals surface area contributed by atoms with E-state index in [2.05, 4.69) is 14.9 Å². The molecule has 0 spiro atoms. The number of rotatable bonds is 3. The Morgan fingerprint density at radius 1 is 1.09 bits per heavy atom. The fraction of sp³-hybridized carbons (Fsp3) is 0.118. The average molecular weight is 309 g/mol. The quantitative estimate of drug-likeness (QED) is 0.793. The maximum atomic E-state index is 12.4. The molecule has 22 heavy (non-hydrogen) atoms. The second-order valence-corrected chi connectivity index (χ2v) is 5.92. The van der Waals surface area contributed by atoms with Crippen molar-refractivity contribution in [3.63, 3.8) is 0 Å². The Morgan fingerprint density at radius 3 is 2.55 bits per heavy atom. The second kappa shape index (κ2) is 6.07. The fourth-order valence-corrected chi connectivity index (χ4v) is 2.71. The number of amides is 1. The number of carbonyl (C=O) groups excluding carboxylic acids is 1. The summed E-state index contributed by atoms with van der Waals surface area (Å²) in [4.78, 5) is 13.4. The van der Waals surface area contributed by atoms with Crippen molar-refractivity contribution in [1.29, 1.82) is 0 Å². The molecule has 0 saturated carbocycles. The molecule has 0 bridgehead atoms. The van der Waals surface area contributed by atoms with E-state index in [9.17, 15) is 4.79 Å². The minimum atomic E-state index is -0.0894. The van der Waals surface area contributed by atoms with Crippen LogP contribution in [0.1, 0.15) is 21.5 Å². The Labute approximate surface area is 133 Å². The molecule has 3 rings (SSSR count). The number of anilines is 1. The molecule has 0 unspecified atom stereocenters. The number of nitrogens with zero attached hydrogens (tertiary/aromatic N) is 2. The molecule has 1 N–H and O–H groups in total. The van der Waals surface area contributed by atoms with Crippen LogP contribution in [0.25, 0.3) is 10.4 Å². The van der Waals surface area contributed by atoms with Crippen molar-refractivity contribution >= 4 is 23.1 Å². The van der Waals surface area contributed by atoms with E-state index in [1.807, 2.05) is 56.3 Å². The zero-order valence-corrected chi connectivity index (χ0v) is 13.1. The summed E-state index contributed by atoms with van der Waals surface area (Å²) < 4.78 is 3.85. The molecular weight excluding hydrogens is 294 g/mol. The van der Waals surface area contributed by atoms with Gasteiger partial charge >= 0.3 is 0 Å². The van der Waals surface area contributed by atoms with Gasteiger partial charge in [-0.2, -0.15) is 0 Å². The molecular formula is C17H15N3OS. The van der Waals surface area contributed by atoms with Gasteiger partial charge in [-0.25, -0.2) is 0 Å². The van der Waals surface area contributed by atoms with Crippen molar-refractivity contribution in [2.45, 2.75) is 13.8 Å². The Kier molecular flexibility index (Phi) is 3.98. The van der Waals surface area contributed by atoms with Crippen LogP contribution in [0.4, 0.5) is 5.69 Å². The van der Waals surface area contributed by atoms with Gasteiger partial charge in [-0.05, 0) is 54.7 Å². The van der Waals surface area contributed by atoms with Crippen molar-refractivity contribution in [1.82, 2.24) is 9.59 Å². The number of carbonyl (C=O) groups is 1. The van der Waals surface area contributed by atoms with Crippen molar-refractivity contribution < 1.29 is 4.79 Å². The van der Waals surface area contributed by atoms with Crippen LogP contribution >= 0.6 is 11.5 Å². The third-order valence-corrected chi connectivity index (χ3v) is 4.14. The highest BCUT2D eigenvalue weighted by Crippen LogP contribution is 2.23. The van der Waals surface area contributed by atoms with Crippen LogP contribution in [-0.4, -0.2) is 15.5 Å². The van der Waals surface area contributed by atoms with Gasteiger partial charge in [0.05, 0.1) is 11.1 Å². The monoisotopic (exact) mass is 309 g/mol. The highest BCUT2D eigenvalue weighted by Gasteiger charge is 2.10. The number of nitrogens with one attached hydrogen (secondary N) is 1. The number of hydrogen-bond acceptors (Lipinski definition) is 4. The number of benzene rings is 2. The first-order chi connectivity index (χ1) is 10.6.